The normalized spacial score (nSPS) is 63.2. The molecule has 2 bridgehead atoms. The summed E-state index contributed by atoms with van der Waals surface area (Å²) in [7, 11) is 0. The molecule has 0 aromatic rings. The van der Waals surface area contributed by atoms with Crippen molar-refractivity contribution in [3.63, 3.8) is 0 Å². The number of fused-ring (bicyclic) bond motifs is 5. The van der Waals surface area contributed by atoms with Gasteiger partial charge in [-0.3, -0.25) is 4.79 Å². The largest absolute Gasteiger partial charge is 0.465 e. The SMILES string of the molecule is [2H]C1(O)[C@@]23CC[C@@H]4[C@@](C)(COC(C)=O)CCC[C@@]4(C)[C@@H]2CC[C@]1(C)[C@H]1O[C@H]13. The summed E-state index contributed by atoms with van der Waals surface area (Å²) in [5.74, 6) is 0.579. The standard InChI is InChI=1S/C22H34O4/c1-13(23)25-12-19(2)8-5-9-20(3)14(19)7-11-22-15(20)6-10-21(4,18(22)24)16-17(22)26-16/h14-18,24H,5-12H2,1-4H3/t14-,15+,16+,17-,18?,19-,20-,21-,22+/m1/s1/i18D. The van der Waals surface area contributed by atoms with Crippen molar-refractivity contribution in [1.82, 2.24) is 0 Å². The number of hydrogen-bond donors (Lipinski definition) is 1. The van der Waals surface area contributed by atoms with Crippen LogP contribution >= 0.6 is 0 Å². The highest BCUT2D eigenvalue weighted by molar-refractivity contribution is 5.65. The summed E-state index contributed by atoms with van der Waals surface area (Å²) >= 11 is 0. The second-order valence-corrected chi connectivity index (χ2v) is 10.8. The molecule has 1 aliphatic heterocycles. The molecule has 0 aromatic carbocycles. The van der Waals surface area contributed by atoms with Crippen molar-refractivity contribution in [2.45, 2.75) is 90.9 Å². The minimum absolute atomic E-state index is 0.0103. The zero-order valence-electron chi connectivity index (χ0n) is 17.6. The van der Waals surface area contributed by atoms with E-state index in [9.17, 15) is 9.90 Å². The molecular formula is C22H34O4. The summed E-state index contributed by atoms with van der Waals surface area (Å²) < 4.78 is 20.7. The Bertz CT molecular complexity index is 694. The topological polar surface area (TPSA) is 59.1 Å². The summed E-state index contributed by atoms with van der Waals surface area (Å²) in [5.41, 5.74) is -0.783. The number of carbonyl (C=O) groups is 1. The van der Waals surface area contributed by atoms with Crippen LogP contribution in [-0.2, 0) is 14.3 Å². The van der Waals surface area contributed by atoms with Gasteiger partial charge in [-0.15, -0.1) is 0 Å². The second-order valence-electron chi connectivity index (χ2n) is 10.8. The number of esters is 1. The van der Waals surface area contributed by atoms with Gasteiger partial charge in [0, 0.05) is 23.2 Å². The molecule has 26 heavy (non-hydrogen) atoms. The van der Waals surface area contributed by atoms with E-state index in [-0.39, 0.29) is 29.0 Å². The summed E-state index contributed by atoms with van der Waals surface area (Å²) in [6.45, 7) is 8.76. The monoisotopic (exact) mass is 363 g/mol. The van der Waals surface area contributed by atoms with Crippen molar-refractivity contribution in [2.75, 3.05) is 6.61 Å². The zero-order chi connectivity index (χ0) is 19.5. The molecule has 4 saturated carbocycles. The first-order valence-corrected chi connectivity index (χ1v) is 10.5. The van der Waals surface area contributed by atoms with E-state index in [1.54, 1.807) is 0 Å². The maximum atomic E-state index is 11.5. The van der Waals surface area contributed by atoms with E-state index >= 15 is 0 Å². The number of epoxide rings is 1. The predicted octanol–water partition coefficient (Wildman–Crippen LogP) is 3.70. The highest BCUT2D eigenvalue weighted by Crippen LogP contribution is 2.77. The van der Waals surface area contributed by atoms with Gasteiger partial charge in [0.15, 0.2) is 0 Å². The van der Waals surface area contributed by atoms with Crippen LogP contribution in [-0.4, -0.2) is 36.0 Å². The Hall–Kier alpha value is -0.610. The van der Waals surface area contributed by atoms with Crippen LogP contribution in [0.3, 0.4) is 0 Å². The van der Waals surface area contributed by atoms with Crippen molar-refractivity contribution >= 4 is 5.97 Å². The van der Waals surface area contributed by atoms with Crippen molar-refractivity contribution in [1.29, 1.82) is 0 Å². The molecule has 0 amide bonds. The quantitative estimate of drug-likeness (QED) is 0.600. The molecule has 4 heteroatoms. The molecular weight excluding hydrogens is 328 g/mol. The number of hydrogen-bond acceptors (Lipinski definition) is 4. The molecule has 9 atom stereocenters. The molecule has 5 aliphatic rings. The highest BCUT2D eigenvalue weighted by Gasteiger charge is 2.81. The number of ether oxygens (including phenoxy) is 2. The molecule has 4 nitrogen and oxygen atoms in total. The van der Waals surface area contributed by atoms with Gasteiger partial charge in [0.2, 0.25) is 0 Å². The third-order valence-corrected chi connectivity index (χ3v) is 9.53. The first-order valence-electron chi connectivity index (χ1n) is 11.0. The van der Waals surface area contributed by atoms with Crippen LogP contribution < -0.4 is 0 Å². The number of carbonyl (C=O) groups excluding carboxylic acids is 1. The lowest BCUT2D eigenvalue weighted by Crippen LogP contribution is -2.64. The fourth-order valence-electron chi connectivity index (χ4n) is 8.40. The van der Waals surface area contributed by atoms with Gasteiger partial charge < -0.3 is 14.6 Å². The molecule has 146 valence electrons. The number of rotatable bonds is 2. The van der Waals surface area contributed by atoms with Crippen molar-refractivity contribution in [3.05, 3.63) is 0 Å². The van der Waals surface area contributed by atoms with Gasteiger partial charge in [0.25, 0.3) is 0 Å². The molecule has 4 aliphatic carbocycles. The Morgan fingerprint density at radius 3 is 2.58 bits per heavy atom. The lowest BCUT2D eigenvalue weighted by Gasteiger charge is -2.66. The average Bonchev–Trinajstić information content (AvgIpc) is 3.36. The Morgan fingerprint density at radius 2 is 1.85 bits per heavy atom. The molecule has 1 unspecified atom stereocenters. The maximum absolute atomic E-state index is 11.5. The summed E-state index contributed by atoms with van der Waals surface area (Å²) in [5, 5.41) is 11.5. The Labute approximate surface area is 158 Å². The van der Waals surface area contributed by atoms with Crippen LogP contribution in [0.4, 0.5) is 0 Å². The lowest BCUT2D eigenvalue weighted by atomic mass is 9.39. The van der Waals surface area contributed by atoms with Gasteiger partial charge in [-0.25, -0.2) is 0 Å². The molecule has 1 heterocycles. The summed E-state index contributed by atoms with van der Waals surface area (Å²) in [6.07, 6.45) is 5.93. The molecule has 0 radical (unpaired) electrons. The minimum atomic E-state index is -1.39. The van der Waals surface area contributed by atoms with Gasteiger partial charge in [0.05, 0.1) is 26.3 Å². The van der Waals surface area contributed by atoms with Gasteiger partial charge in [0.1, 0.15) is 0 Å². The predicted molar refractivity (Wildman–Crippen MR) is 97.4 cm³/mol. The summed E-state index contributed by atoms with van der Waals surface area (Å²) in [4.78, 5) is 11.5. The van der Waals surface area contributed by atoms with E-state index in [0.717, 1.165) is 44.9 Å². The molecule has 1 N–H and O–H groups in total. The van der Waals surface area contributed by atoms with Crippen molar-refractivity contribution < 1.29 is 20.7 Å². The third-order valence-electron chi connectivity index (χ3n) is 9.53. The molecule has 5 rings (SSSR count). The average molecular weight is 364 g/mol. The van der Waals surface area contributed by atoms with Crippen LogP contribution in [0.25, 0.3) is 0 Å². The smallest absolute Gasteiger partial charge is 0.302 e. The Balaban J connectivity index is 1.54. The van der Waals surface area contributed by atoms with E-state index in [1.807, 2.05) is 0 Å². The zero-order valence-corrected chi connectivity index (χ0v) is 16.6. The number of aliphatic hydroxyl groups is 1. The molecule has 0 aromatic heterocycles. The van der Waals surface area contributed by atoms with E-state index in [0.29, 0.717) is 18.4 Å². The van der Waals surface area contributed by atoms with Gasteiger partial charge in [-0.1, -0.05) is 27.2 Å². The van der Waals surface area contributed by atoms with Crippen LogP contribution in [0.2, 0.25) is 0 Å². The third kappa shape index (κ3) is 1.86. The van der Waals surface area contributed by atoms with Crippen LogP contribution in [0.5, 0.6) is 0 Å². The first-order chi connectivity index (χ1) is 12.5. The first kappa shape index (κ1) is 16.4. The van der Waals surface area contributed by atoms with Crippen LogP contribution in [0, 0.1) is 33.5 Å². The van der Waals surface area contributed by atoms with E-state index in [4.69, 9.17) is 10.8 Å². The van der Waals surface area contributed by atoms with Gasteiger partial charge in [-0.05, 0) is 55.8 Å². The maximum Gasteiger partial charge on any atom is 0.302 e. The molecule has 5 fully saturated rings. The summed E-state index contributed by atoms with van der Waals surface area (Å²) in [6, 6.07) is 0. The van der Waals surface area contributed by atoms with Crippen LogP contribution in [0.1, 0.15) is 74.0 Å². The highest BCUT2D eigenvalue weighted by atomic mass is 16.6. The fourth-order valence-corrected chi connectivity index (χ4v) is 8.40. The van der Waals surface area contributed by atoms with Gasteiger partial charge in [-0.2, -0.15) is 0 Å². The fraction of sp³-hybridized carbons (Fsp3) is 0.955. The Morgan fingerprint density at radius 1 is 1.12 bits per heavy atom. The van der Waals surface area contributed by atoms with Crippen molar-refractivity contribution in [2.24, 2.45) is 33.5 Å². The van der Waals surface area contributed by atoms with E-state index in [1.165, 1.54) is 6.92 Å². The van der Waals surface area contributed by atoms with E-state index < -0.39 is 16.9 Å². The Kier molecular flexibility index (Phi) is 3.18. The van der Waals surface area contributed by atoms with Gasteiger partial charge >= 0.3 is 5.97 Å². The van der Waals surface area contributed by atoms with Crippen LogP contribution in [0.15, 0.2) is 0 Å². The second kappa shape index (κ2) is 5.05. The minimum Gasteiger partial charge on any atom is -0.465 e. The molecule has 1 saturated heterocycles. The van der Waals surface area contributed by atoms with E-state index in [2.05, 4.69) is 20.8 Å². The lowest BCUT2D eigenvalue weighted by molar-refractivity contribution is -0.228. The van der Waals surface area contributed by atoms with Crippen molar-refractivity contribution in [3.8, 4) is 0 Å². The molecule has 1 spiro atoms.